The molecule has 0 bridgehead atoms. The van der Waals surface area contributed by atoms with E-state index in [9.17, 15) is 0 Å². The third-order valence-corrected chi connectivity index (χ3v) is 3.93. The van der Waals surface area contributed by atoms with Gasteiger partial charge in [-0.1, -0.05) is 20.3 Å². The fourth-order valence-electron chi connectivity index (χ4n) is 1.80. The van der Waals surface area contributed by atoms with Crippen molar-refractivity contribution in [1.82, 2.24) is 15.2 Å². The Kier molecular flexibility index (Phi) is 6.97. The molecule has 0 aliphatic rings. The summed E-state index contributed by atoms with van der Waals surface area (Å²) in [6.07, 6.45) is 2.53. The van der Waals surface area contributed by atoms with Gasteiger partial charge in [0.2, 0.25) is 0 Å². The van der Waals surface area contributed by atoms with Gasteiger partial charge in [-0.05, 0) is 40.3 Å². The molecule has 0 radical (unpaired) electrons. The average Bonchev–Trinajstić information content (AvgIpc) is 2.79. The minimum absolute atomic E-state index is 0.155. The predicted molar refractivity (Wildman–Crippen MR) is 84.6 cm³/mol. The highest BCUT2D eigenvalue weighted by atomic mass is 32.1. The van der Waals surface area contributed by atoms with Gasteiger partial charge in [-0.25, -0.2) is 4.98 Å². The summed E-state index contributed by atoms with van der Waals surface area (Å²) in [5.41, 5.74) is 1.37. The SMILES string of the molecule is CCCCN(CC)Cc1csc(CNC(C)(C)C)n1. The van der Waals surface area contributed by atoms with Gasteiger partial charge in [0.15, 0.2) is 0 Å². The summed E-state index contributed by atoms with van der Waals surface area (Å²) in [6.45, 7) is 15.2. The van der Waals surface area contributed by atoms with Gasteiger partial charge in [0.25, 0.3) is 0 Å². The lowest BCUT2D eigenvalue weighted by atomic mass is 10.1. The molecule has 0 fully saturated rings. The van der Waals surface area contributed by atoms with Gasteiger partial charge in [-0.3, -0.25) is 4.90 Å². The maximum Gasteiger partial charge on any atom is 0.107 e. The second kappa shape index (κ2) is 7.98. The number of hydrogen-bond acceptors (Lipinski definition) is 4. The lowest BCUT2D eigenvalue weighted by Crippen LogP contribution is -2.35. The molecule has 110 valence electrons. The Morgan fingerprint density at radius 3 is 2.63 bits per heavy atom. The van der Waals surface area contributed by atoms with E-state index in [0.717, 1.165) is 19.6 Å². The number of nitrogens with one attached hydrogen (secondary N) is 1. The minimum atomic E-state index is 0.155. The van der Waals surface area contributed by atoms with Crippen molar-refractivity contribution in [3.8, 4) is 0 Å². The Hall–Kier alpha value is -0.450. The molecule has 4 heteroatoms. The molecule has 19 heavy (non-hydrogen) atoms. The first kappa shape index (κ1) is 16.6. The van der Waals surface area contributed by atoms with Crippen LogP contribution in [0.4, 0.5) is 0 Å². The summed E-state index contributed by atoms with van der Waals surface area (Å²) in [6, 6.07) is 0. The van der Waals surface area contributed by atoms with Gasteiger partial charge >= 0.3 is 0 Å². The first-order valence-electron chi connectivity index (χ1n) is 7.35. The number of thiazole rings is 1. The quantitative estimate of drug-likeness (QED) is 0.789. The van der Waals surface area contributed by atoms with Gasteiger partial charge in [-0.2, -0.15) is 0 Å². The number of hydrogen-bond donors (Lipinski definition) is 1. The third-order valence-electron chi connectivity index (χ3n) is 3.03. The van der Waals surface area contributed by atoms with Crippen LogP contribution in [0.5, 0.6) is 0 Å². The summed E-state index contributed by atoms with van der Waals surface area (Å²) < 4.78 is 0. The highest BCUT2D eigenvalue weighted by Crippen LogP contribution is 2.13. The highest BCUT2D eigenvalue weighted by molar-refractivity contribution is 7.09. The van der Waals surface area contributed by atoms with E-state index in [-0.39, 0.29) is 5.54 Å². The van der Waals surface area contributed by atoms with E-state index < -0.39 is 0 Å². The van der Waals surface area contributed by atoms with Crippen LogP contribution in [-0.2, 0) is 13.1 Å². The Balaban J connectivity index is 2.45. The van der Waals surface area contributed by atoms with Gasteiger partial charge in [-0.15, -0.1) is 11.3 Å². The van der Waals surface area contributed by atoms with E-state index in [1.807, 2.05) is 0 Å². The maximum atomic E-state index is 4.72. The van der Waals surface area contributed by atoms with Gasteiger partial charge < -0.3 is 5.32 Å². The van der Waals surface area contributed by atoms with E-state index in [1.165, 1.54) is 30.1 Å². The number of aromatic nitrogens is 1. The molecule has 1 rings (SSSR count). The normalized spacial score (nSPS) is 12.3. The largest absolute Gasteiger partial charge is 0.306 e. The molecule has 1 N–H and O–H groups in total. The van der Waals surface area contributed by atoms with E-state index >= 15 is 0 Å². The van der Waals surface area contributed by atoms with Crippen LogP contribution < -0.4 is 5.32 Å². The van der Waals surface area contributed by atoms with Crippen molar-refractivity contribution in [2.75, 3.05) is 13.1 Å². The number of nitrogens with zero attached hydrogens (tertiary/aromatic N) is 2. The standard InChI is InChI=1S/C15H29N3S/c1-6-8-9-18(7-2)11-13-12-19-14(17-13)10-16-15(3,4)5/h12,16H,6-11H2,1-5H3. The van der Waals surface area contributed by atoms with Crippen molar-refractivity contribution < 1.29 is 0 Å². The van der Waals surface area contributed by atoms with Crippen molar-refractivity contribution >= 4 is 11.3 Å². The molecular formula is C15H29N3S. The smallest absolute Gasteiger partial charge is 0.107 e. The van der Waals surface area contributed by atoms with E-state index in [0.29, 0.717) is 0 Å². The van der Waals surface area contributed by atoms with Crippen molar-refractivity contribution in [1.29, 1.82) is 0 Å². The fraction of sp³-hybridized carbons (Fsp3) is 0.800. The Labute approximate surface area is 122 Å². The molecule has 0 saturated heterocycles. The molecule has 1 heterocycles. The molecule has 0 saturated carbocycles. The molecule has 0 amide bonds. The Morgan fingerprint density at radius 2 is 2.05 bits per heavy atom. The molecule has 0 aliphatic carbocycles. The van der Waals surface area contributed by atoms with Gasteiger partial charge in [0, 0.05) is 24.0 Å². The number of unbranched alkanes of at least 4 members (excludes halogenated alkanes) is 1. The predicted octanol–water partition coefficient (Wildman–Crippen LogP) is 3.65. The molecule has 1 aromatic heterocycles. The van der Waals surface area contributed by atoms with Crippen LogP contribution in [0.25, 0.3) is 0 Å². The van der Waals surface area contributed by atoms with Crippen LogP contribution in [0.3, 0.4) is 0 Å². The van der Waals surface area contributed by atoms with Gasteiger partial charge in [0.1, 0.15) is 5.01 Å². The summed E-state index contributed by atoms with van der Waals surface area (Å²) in [5, 5.41) is 6.88. The summed E-state index contributed by atoms with van der Waals surface area (Å²) in [7, 11) is 0. The Morgan fingerprint density at radius 1 is 1.32 bits per heavy atom. The molecule has 3 nitrogen and oxygen atoms in total. The third kappa shape index (κ3) is 7.04. The zero-order valence-corrected chi connectivity index (χ0v) is 13.9. The van der Waals surface area contributed by atoms with Crippen LogP contribution in [-0.4, -0.2) is 28.5 Å². The molecule has 0 spiro atoms. The molecule has 0 unspecified atom stereocenters. The maximum absolute atomic E-state index is 4.72. The van der Waals surface area contributed by atoms with Crippen LogP contribution in [0.2, 0.25) is 0 Å². The zero-order chi connectivity index (χ0) is 14.3. The van der Waals surface area contributed by atoms with E-state index in [1.54, 1.807) is 11.3 Å². The van der Waals surface area contributed by atoms with Crippen molar-refractivity contribution in [2.24, 2.45) is 0 Å². The van der Waals surface area contributed by atoms with E-state index in [4.69, 9.17) is 4.98 Å². The lowest BCUT2D eigenvalue weighted by Gasteiger charge is -2.19. The summed E-state index contributed by atoms with van der Waals surface area (Å²) in [5.74, 6) is 0. The second-order valence-corrected chi connectivity index (χ2v) is 7.00. The van der Waals surface area contributed by atoms with Crippen LogP contribution in [0.1, 0.15) is 58.2 Å². The first-order valence-corrected chi connectivity index (χ1v) is 8.23. The van der Waals surface area contributed by atoms with Crippen molar-refractivity contribution in [3.63, 3.8) is 0 Å². The number of rotatable bonds is 8. The zero-order valence-electron chi connectivity index (χ0n) is 13.1. The highest BCUT2D eigenvalue weighted by Gasteiger charge is 2.11. The minimum Gasteiger partial charge on any atom is -0.306 e. The van der Waals surface area contributed by atoms with Crippen LogP contribution in [0.15, 0.2) is 5.38 Å². The summed E-state index contributed by atoms with van der Waals surface area (Å²) >= 11 is 1.77. The van der Waals surface area contributed by atoms with Gasteiger partial charge in [0.05, 0.1) is 5.69 Å². The second-order valence-electron chi connectivity index (χ2n) is 6.06. The molecule has 0 aliphatic heterocycles. The Bertz CT molecular complexity index is 355. The van der Waals surface area contributed by atoms with Crippen molar-refractivity contribution in [3.05, 3.63) is 16.1 Å². The first-order chi connectivity index (χ1) is 8.94. The molecule has 1 aromatic rings. The van der Waals surface area contributed by atoms with E-state index in [2.05, 4.69) is 50.2 Å². The fourth-order valence-corrected chi connectivity index (χ4v) is 2.53. The molecule has 0 atom stereocenters. The lowest BCUT2D eigenvalue weighted by molar-refractivity contribution is 0.272. The monoisotopic (exact) mass is 283 g/mol. The van der Waals surface area contributed by atoms with Crippen molar-refractivity contribution in [2.45, 2.75) is 66.1 Å². The topological polar surface area (TPSA) is 28.2 Å². The molecular weight excluding hydrogens is 254 g/mol. The summed E-state index contributed by atoms with van der Waals surface area (Å²) in [4.78, 5) is 7.20. The molecule has 0 aromatic carbocycles. The van der Waals surface area contributed by atoms with Crippen LogP contribution in [0, 0.1) is 0 Å². The van der Waals surface area contributed by atoms with Crippen LogP contribution >= 0.6 is 11.3 Å². The average molecular weight is 283 g/mol.